The molecule has 30 heavy (non-hydrogen) atoms. The number of fused-ring (bicyclic) bond motifs is 1. The van der Waals surface area contributed by atoms with Crippen LogP contribution in [0, 0.1) is 0 Å². The molecule has 0 saturated carbocycles. The number of pyridine rings is 1. The van der Waals surface area contributed by atoms with Crippen LogP contribution in [-0.4, -0.2) is 48.2 Å². The minimum absolute atomic E-state index is 0.735. The molecule has 0 bridgehead atoms. The summed E-state index contributed by atoms with van der Waals surface area (Å²) in [6.07, 6.45) is 1.85. The quantitative estimate of drug-likeness (QED) is 0.518. The van der Waals surface area contributed by atoms with Gasteiger partial charge in [0.25, 0.3) is 0 Å². The average molecular weight is 397 g/mol. The normalized spacial score (nSPS) is 14.2. The SMILES string of the molecule is COc1ccc(-c2nc(N3CCN(c4ccccn4)CC3)c3ccccc3n2)cc1. The fourth-order valence-electron chi connectivity index (χ4n) is 3.86. The number of methoxy groups -OCH3 is 1. The van der Waals surface area contributed by atoms with E-state index in [2.05, 4.69) is 33.0 Å². The Morgan fingerprint density at radius 1 is 0.767 bits per heavy atom. The first-order chi connectivity index (χ1) is 14.8. The van der Waals surface area contributed by atoms with Gasteiger partial charge in [-0.05, 0) is 48.5 Å². The van der Waals surface area contributed by atoms with Crippen molar-refractivity contribution < 1.29 is 4.74 Å². The number of aromatic nitrogens is 3. The number of para-hydroxylation sites is 1. The third-order valence-electron chi connectivity index (χ3n) is 5.48. The number of nitrogens with zero attached hydrogens (tertiary/aromatic N) is 5. The number of piperazine rings is 1. The van der Waals surface area contributed by atoms with E-state index in [-0.39, 0.29) is 0 Å². The Morgan fingerprint density at radius 3 is 2.23 bits per heavy atom. The summed E-state index contributed by atoms with van der Waals surface area (Å²) in [7, 11) is 1.67. The largest absolute Gasteiger partial charge is 0.497 e. The zero-order valence-electron chi connectivity index (χ0n) is 16.9. The molecule has 1 fully saturated rings. The number of hydrogen-bond donors (Lipinski definition) is 0. The van der Waals surface area contributed by atoms with Gasteiger partial charge in [0.2, 0.25) is 0 Å². The summed E-state index contributed by atoms with van der Waals surface area (Å²) in [6.45, 7) is 3.60. The van der Waals surface area contributed by atoms with Gasteiger partial charge in [0.15, 0.2) is 5.82 Å². The van der Waals surface area contributed by atoms with Crippen LogP contribution in [0.25, 0.3) is 22.3 Å². The first kappa shape index (κ1) is 18.4. The summed E-state index contributed by atoms with van der Waals surface area (Å²) < 4.78 is 5.28. The number of ether oxygens (including phenoxy) is 1. The van der Waals surface area contributed by atoms with Gasteiger partial charge in [-0.25, -0.2) is 15.0 Å². The Labute approximate surface area is 175 Å². The molecule has 1 saturated heterocycles. The number of benzene rings is 2. The molecule has 150 valence electrons. The van der Waals surface area contributed by atoms with Crippen LogP contribution in [0.3, 0.4) is 0 Å². The van der Waals surface area contributed by atoms with E-state index < -0.39 is 0 Å². The van der Waals surface area contributed by atoms with E-state index >= 15 is 0 Å². The topological polar surface area (TPSA) is 54.4 Å². The van der Waals surface area contributed by atoms with Crippen molar-refractivity contribution in [3.05, 3.63) is 72.9 Å². The molecule has 3 heterocycles. The molecule has 2 aromatic carbocycles. The molecule has 1 aliphatic heterocycles. The lowest BCUT2D eigenvalue weighted by atomic mass is 10.1. The Balaban J connectivity index is 1.47. The van der Waals surface area contributed by atoms with Crippen LogP contribution in [0.1, 0.15) is 0 Å². The van der Waals surface area contributed by atoms with Crippen LogP contribution in [-0.2, 0) is 0 Å². The molecule has 0 aliphatic carbocycles. The lowest BCUT2D eigenvalue weighted by Crippen LogP contribution is -2.47. The van der Waals surface area contributed by atoms with Crippen molar-refractivity contribution in [2.45, 2.75) is 0 Å². The predicted molar refractivity (Wildman–Crippen MR) is 120 cm³/mol. The van der Waals surface area contributed by atoms with Gasteiger partial charge in [0, 0.05) is 43.3 Å². The molecule has 6 heteroatoms. The first-order valence-corrected chi connectivity index (χ1v) is 10.1. The van der Waals surface area contributed by atoms with Crippen molar-refractivity contribution >= 4 is 22.5 Å². The maximum absolute atomic E-state index is 5.28. The number of hydrogen-bond acceptors (Lipinski definition) is 6. The minimum atomic E-state index is 0.735. The zero-order valence-corrected chi connectivity index (χ0v) is 16.9. The van der Waals surface area contributed by atoms with Crippen molar-refractivity contribution in [1.29, 1.82) is 0 Å². The van der Waals surface area contributed by atoms with E-state index in [0.717, 1.165) is 65.9 Å². The van der Waals surface area contributed by atoms with E-state index in [0.29, 0.717) is 0 Å². The van der Waals surface area contributed by atoms with Gasteiger partial charge in [-0.1, -0.05) is 18.2 Å². The maximum Gasteiger partial charge on any atom is 0.162 e. The van der Waals surface area contributed by atoms with Crippen LogP contribution >= 0.6 is 0 Å². The van der Waals surface area contributed by atoms with Crippen molar-refractivity contribution in [3.63, 3.8) is 0 Å². The Kier molecular flexibility index (Phi) is 4.89. The zero-order chi connectivity index (χ0) is 20.3. The second-order valence-corrected chi connectivity index (χ2v) is 7.28. The molecule has 4 aromatic rings. The third kappa shape index (κ3) is 3.52. The van der Waals surface area contributed by atoms with E-state index in [1.54, 1.807) is 7.11 Å². The second kappa shape index (κ2) is 7.99. The van der Waals surface area contributed by atoms with E-state index in [4.69, 9.17) is 14.7 Å². The number of rotatable bonds is 4. The highest BCUT2D eigenvalue weighted by Gasteiger charge is 2.21. The molecule has 0 atom stereocenters. The fraction of sp³-hybridized carbons (Fsp3) is 0.208. The summed E-state index contributed by atoms with van der Waals surface area (Å²) >= 11 is 0. The smallest absolute Gasteiger partial charge is 0.162 e. The molecular weight excluding hydrogens is 374 g/mol. The lowest BCUT2D eigenvalue weighted by Gasteiger charge is -2.36. The van der Waals surface area contributed by atoms with Crippen molar-refractivity contribution in [1.82, 2.24) is 15.0 Å². The fourth-order valence-corrected chi connectivity index (χ4v) is 3.86. The summed E-state index contributed by atoms with van der Waals surface area (Å²) in [6, 6.07) is 22.2. The van der Waals surface area contributed by atoms with Gasteiger partial charge in [0.1, 0.15) is 17.4 Å². The highest BCUT2D eigenvalue weighted by Crippen LogP contribution is 2.29. The standard InChI is InChI=1S/C24H23N5O/c1-30-19-11-9-18(10-12-19)23-26-21-7-3-2-6-20(21)24(27-23)29-16-14-28(15-17-29)22-8-4-5-13-25-22/h2-13H,14-17H2,1H3. The highest BCUT2D eigenvalue weighted by atomic mass is 16.5. The van der Waals surface area contributed by atoms with Gasteiger partial charge in [-0.2, -0.15) is 0 Å². The molecule has 5 rings (SSSR count). The molecule has 0 spiro atoms. The van der Waals surface area contributed by atoms with Crippen LogP contribution in [0.15, 0.2) is 72.9 Å². The number of anilines is 2. The summed E-state index contributed by atoms with van der Waals surface area (Å²) in [5, 5.41) is 1.08. The molecule has 0 unspecified atom stereocenters. The van der Waals surface area contributed by atoms with E-state index in [1.165, 1.54) is 0 Å². The van der Waals surface area contributed by atoms with Crippen molar-refractivity contribution in [3.8, 4) is 17.1 Å². The molecule has 6 nitrogen and oxygen atoms in total. The van der Waals surface area contributed by atoms with Gasteiger partial charge in [0.05, 0.1) is 12.6 Å². The van der Waals surface area contributed by atoms with Gasteiger partial charge in [-0.3, -0.25) is 0 Å². The molecule has 0 amide bonds. The van der Waals surface area contributed by atoms with Crippen LogP contribution < -0.4 is 14.5 Å². The van der Waals surface area contributed by atoms with E-state index in [1.807, 2.05) is 54.7 Å². The van der Waals surface area contributed by atoms with Gasteiger partial charge >= 0.3 is 0 Å². The molecular formula is C24H23N5O. The van der Waals surface area contributed by atoms with Crippen molar-refractivity contribution in [2.75, 3.05) is 43.1 Å². The van der Waals surface area contributed by atoms with Crippen LogP contribution in [0.5, 0.6) is 5.75 Å². The van der Waals surface area contributed by atoms with Gasteiger partial charge in [-0.15, -0.1) is 0 Å². The minimum Gasteiger partial charge on any atom is -0.497 e. The summed E-state index contributed by atoms with van der Waals surface area (Å²) in [5.74, 6) is 3.58. The van der Waals surface area contributed by atoms with Crippen LogP contribution in [0.2, 0.25) is 0 Å². The Hall–Kier alpha value is -3.67. The average Bonchev–Trinajstić information content (AvgIpc) is 2.84. The van der Waals surface area contributed by atoms with Crippen LogP contribution in [0.4, 0.5) is 11.6 Å². The predicted octanol–water partition coefficient (Wildman–Crippen LogP) is 4.03. The molecule has 2 aromatic heterocycles. The van der Waals surface area contributed by atoms with Gasteiger partial charge < -0.3 is 14.5 Å². The molecule has 1 aliphatic rings. The Morgan fingerprint density at radius 2 is 1.50 bits per heavy atom. The van der Waals surface area contributed by atoms with E-state index in [9.17, 15) is 0 Å². The first-order valence-electron chi connectivity index (χ1n) is 10.1. The summed E-state index contributed by atoms with van der Waals surface area (Å²) in [4.78, 5) is 19.0. The lowest BCUT2D eigenvalue weighted by molar-refractivity contribution is 0.415. The molecule has 0 radical (unpaired) electrons. The summed E-state index contributed by atoms with van der Waals surface area (Å²) in [5.41, 5.74) is 1.94. The second-order valence-electron chi connectivity index (χ2n) is 7.28. The molecule has 0 N–H and O–H groups in total. The van der Waals surface area contributed by atoms with Crippen molar-refractivity contribution in [2.24, 2.45) is 0 Å². The highest BCUT2D eigenvalue weighted by molar-refractivity contribution is 5.91. The Bertz CT molecular complexity index is 1140. The maximum atomic E-state index is 5.28. The monoisotopic (exact) mass is 397 g/mol. The third-order valence-corrected chi connectivity index (χ3v) is 5.48.